The van der Waals surface area contributed by atoms with Crippen LogP contribution >= 0.6 is 23.2 Å². The first-order chi connectivity index (χ1) is 11.7. The summed E-state index contributed by atoms with van der Waals surface area (Å²) in [7, 11) is 0. The number of hydrogen-bond donors (Lipinski definition) is 0. The SMILES string of the molecule is Fc1ccc(N2C=C(Cl)CN(c3cccc(C(F)(F)F)c3)C2)cc1Cl. The topological polar surface area (TPSA) is 6.48 Å². The number of benzene rings is 2. The highest BCUT2D eigenvalue weighted by Gasteiger charge is 2.31. The molecule has 0 saturated carbocycles. The van der Waals surface area contributed by atoms with Crippen molar-refractivity contribution in [1.82, 2.24) is 0 Å². The number of nitrogens with zero attached hydrogens (tertiary/aromatic N) is 2. The molecule has 25 heavy (non-hydrogen) atoms. The molecule has 0 aliphatic carbocycles. The van der Waals surface area contributed by atoms with Crippen molar-refractivity contribution in [2.75, 3.05) is 23.0 Å². The zero-order valence-electron chi connectivity index (χ0n) is 12.7. The van der Waals surface area contributed by atoms with E-state index in [4.69, 9.17) is 23.2 Å². The minimum Gasteiger partial charge on any atom is -0.348 e. The first kappa shape index (κ1) is 17.9. The average molecular weight is 391 g/mol. The lowest BCUT2D eigenvalue weighted by Gasteiger charge is -2.36. The van der Waals surface area contributed by atoms with Gasteiger partial charge in [0.1, 0.15) is 5.82 Å². The largest absolute Gasteiger partial charge is 0.416 e. The Labute approximate surface area is 151 Å². The second-order valence-electron chi connectivity index (χ2n) is 5.53. The molecule has 2 aromatic rings. The molecule has 0 fully saturated rings. The number of hydrogen-bond acceptors (Lipinski definition) is 2. The van der Waals surface area contributed by atoms with Crippen LogP contribution in [0.5, 0.6) is 0 Å². The fourth-order valence-electron chi connectivity index (χ4n) is 2.54. The van der Waals surface area contributed by atoms with Crippen molar-refractivity contribution in [3.63, 3.8) is 0 Å². The van der Waals surface area contributed by atoms with Gasteiger partial charge in [0.2, 0.25) is 0 Å². The van der Waals surface area contributed by atoms with Crippen molar-refractivity contribution in [1.29, 1.82) is 0 Å². The van der Waals surface area contributed by atoms with Crippen LogP contribution < -0.4 is 9.80 Å². The summed E-state index contributed by atoms with van der Waals surface area (Å²) < 4.78 is 52.1. The number of anilines is 2. The normalized spacial score (nSPS) is 15.4. The summed E-state index contributed by atoms with van der Waals surface area (Å²) >= 11 is 12.0. The van der Waals surface area contributed by atoms with Crippen LogP contribution in [0, 0.1) is 5.82 Å². The Morgan fingerprint density at radius 1 is 0.960 bits per heavy atom. The van der Waals surface area contributed by atoms with Crippen molar-refractivity contribution in [2.24, 2.45) is 0 Å². The van der Waals surface area contributed by atoms with Crippen molar-refractivity contribution in [2.45, 2.75) is 6.18 Å². The molecule has 2 nitrogen and oxygen atoms in total. The third kappa shape index (κ3) is 4.02. The van der Waals surface area contributed by atoms with E-state index in [1.54, 1.807) is 22.1 Å². The van der Waals surface area contributed by atoms with Gasteiger partial charge in [-0.05, 0) is 36.4 Å². The maximum absolute atomic E-state index is 13.3. The summed E-state index contributed by atoms with van der Waals surface area (Å²) in [5.74, 6) is -0.549. The molecule has 0 unspecified atom stereocenters. The molecule has 0 amide bonds. The monoisotopic (exact) mass is 390 g/mol. The van der Waals surface area contributed by atoms with Crippen LogP contribution in [-0.4, -0.2) is 13.2 Å². The Morgan fingerprint density at radius 3 is 2.40 bits per heavy atom. The maximum atomic E-state index is 13.3. The molecule has 1 heterocycles. The zero-order valence-corrected chi connectivity index (χ0v) is 14.2. The lowest BCUT2D eigenvalue weighted by atomic mass is 10.1. The minimum atomic E-state index is -4.42. The molecule has 0 N–H and O–H groups in total. The molecule has 3 rings (SSSR count). The highest BCUT2D eigenvalue weighted by Crippen LogP contribution is 2.33. The summed E-state index contributed by atoms with van der Waals surface area (Å²) in [5, 5.41) is 0.391. The molecule has 8 heteroatoms. The lowest BCUT2D eigenvalue weighted by molar-refractivity contribution is -0.137. The molecule has 0 bridgehead atoms. The van der Waals surface area contributed by atoms with Crippen LogP contribution in [-0.2, 0) is 6.18 Å². The third-order valence-electron chi connectivity index (χ3n) is 3.73. The van der Waals surface area contributed by atoms with Crippen molar-refractivity contribution < 1.29 is 17.6 Å². The Bertz CT molecular complexity index is 821. The fraction of sp³-hybridized carbons (Fsp3) is 0.176. The summed E-state index contributed by atoms with van der Waals surface area (Å²) in [6.07, 6.45) is -2.77. The molecule has 132 valence electrons. The molecule has 0 atom stereocenters. The quantitative estimate of drug-likeness (QED) is 0.592. The standard InChI is InChI=1S/C17H12Cl2F4N2/c18-12-8-24(13-3-1-2-11(6-13)17(21,22)23)10-25(9-12)14-4-5-16(20)15(19)7-14/h1-7,9H,8,10H2. The summed E-state index contributed by atoms with van der Waals surface area (Å²) in [5.41, 5.74) is 0.243. The molecular formula is C17H12Cl2F4N2. The van der Waals surface area contributed by atoms with Gasteiger partial charge in [-0.3, -0.25) is 0 Å². The van der Waals surface area contributed by atoms with Gasteiger partial charge in [0.05, 0.1) is 28.8 Å². The number of rotatable bonds is 2. The maximum Gasteiger partial charge on any atom is 0.416 e. The number of halogens is 6. The van der Waals surface area contributed by atoms with E-state index in [-0.39, 0.29) is 18.2 Å². The molecule has 1 aliphatic heterocycles. The van der Waals surface area contributed by atoms with Crippen molar-refractivity contribution >= 4 is 34.6 Å². The van der Waals surface area contributed by atoms with Crippen molar-refractivity contribution in [3.8, 4) is 0 Å². The van der Waals surface area contributed by atoms with Crippen molar-refractivity contribution in [3.05, 3.63) is 70.1 Å². The summed E-state index contributed by atoms with van der Waals surface area (Å²) in [6.45, 7) is 0.522. The van der Waals surface area contributed by atoms with E-state index in [0.29, 0.717) is 16.4 Å². The molecule has 0 saturated heterocycles. The highest BCUT2D eigenvalue weighted by atomic mass is 35.5. The Kier molecular flexibility index (Phi) is 4.84. The Hall–Kier alpha value is -1.92. The van der Waals surface area contributed by atoms with E-state index in [1.807, 2.05) is 0 Å². The molecular weight excluding hydrogens is 379 g/mol. The predicted molar refractivity (Wildman–Crippen MR) is 91.5 cm³/mol. The van der Waals surface area contributed by atoms with Gasteiger partial charge in [-0.25, -0.2) is 4.39 Å². The van der Waals surface area contributed by atoms with Gasteiger partial charge in [0, 0.05) is 17.6 Å². The van der Waals surface area contributed by atoms with E-state index < -0.39 is 17.6 Å². The Morgan fingerprint density at radius 2 is 1.72 bits per heavy atom. The zero-order chi connectivity index (χ0) is 18.2. The molecule has 0 radical (unpaired) electrons. The smallest absolute Gasteiger partial charge is 0.348 e. The van der Waals surface area contributed by atoms with Gasteiger partial charge in [0.25, 0.3) is 0 Å². The van der Waals surface area contributed by atoms with Gasteiger partial charge in [-0.15, -0.1) is 0 Å². The van der Waals surface area contributed by atoms with Crippen LogP contribution in [0.2, 0.25) is 5.02 Å². The highest BCUT2D eigenvalue weighted by molar-refractivity contribution is 6.31. The lowest BCUT2D eigenvalue weighted by Crippen LogP contribution is -2.40. The molecule has 1 aliphatic rings. The summed E-state index contributed by atoms with van der Waals surface area (Å²) in [6, 6.07) is 9.21. The van der Waals surface area contributed by atoms with Crippen LogP contribution in [0.25, 0.3) is 0 Å². The van der Waals surface area contributed by atoms with E-state index in [0.717, 1.165) is 12.1 Å². The number of alkyl halides is 3. The average Bonchev–Trinajstić information content (AvgIpc) is 2.56. The minimum absolute atomic E-state index is 0.0433. The van der Waals surface area contributed by atoms with Crippen LogP contribution in [0.3, 0.4) is 0 Å². The molecule has 0 aromatic heterocycles. The summed E-state index contributed by atoms with van der Waals surface area (Å²) in [4.78, 5) is 3.38. The van der Waals surface area contributed by atoms with Crippen LogP contribution in [0.15, 0.2) is 53.7 Å². The van der Waals surface area contributed by atoms with E-state index in [9.17, 15) is 17.6 Å². The van der Waals surface area contributed by atoms with Gasteiger partial charge >= 0.3 is 6.18 Å². The van der Waals surface area contributed by atoms with Gasteiger partial charge in [-0.1, -0.05) is 29.3 Å². The van der Waals surface area contributed by atoms with Crippen LogP contribution in [0.4, 0.5) is 28.9 Å². The third-order valence-corrected chi connectivity index (χ3v) is 4.24. The van der Waals surface area contributed by atoms with E-state index in [1.165, 1.54) is 24.3 Å². The first-order valence-corrected chi connectivity index (χ1v) is 8.00. The second kappa shape index (κ2) is 6.77. The molecule has 2 aromatic carbocycles. The predicted octanol–water partition coefficient (Wildman–Crippen LogP) is 5.86. The fourth-order valence-corrected chi connectivity index (χ4v) is 2.98. The van der Waals surface area contributed by atoms with E-state index >= 15 is 0 Å². The first-order valence-electron chi connectivity index (χ1n) is 7.24. The second-order valence-corrected chi connectivity index (χ2v) is 6.42. The van der Waals surface area contributed by atoms with Gasteiger partial charge < -0.3 is 9.80 Å². The Balaban J connectivity index is 1.90. The van der Waals surface area contributed by atoms with Gasteiger partial charge in [0.15, 0.2) is 0 Å². The van der Waals surface area contributed by atoms with Gasteiger partial charge in [-0.2, -0.15) is 13.2 Å². The molecule has 0 spiro atoms. The van der Waals surface area contributed by atoms with Crippen LogP contribution in [0.1, 0.15) is 5.56 Å². The van der Waals surface area contributed by atoms with E-state index in [2.05, 4.69) is 0 Å².